The molecule has 0 saturated carbocycles. The second kappa shape index (κ2) is 4.79. The molecule has 3 N–H and O–H groups in total. The Hall–Kier alpha value is -1.55. The molecule has 0 bridgehead atoms. The molecule has 4 heteroatoms. The summed E-state index contributed by atoms with van der Waals surface area (Å²) in [4.78, 5) is 13.0. The third kappa shape index (κ3) is 2.70. The van der Waals surface area contributed by atoms with Crippen molar-refractivity contribution in [3.63, 3.8) is 0 Å². The van der Waals surface area contributed by atoms with Crippen LogP contribution in [0.4, 0.5) is 10.5 Å². The van der Waals surface area contributed by atoms with Gasteiger partial charge in [-0.05, 0) is 24.1 Å². The van der Waals surface area contributed by atoms with Crippen LogP contribution in [0.1, 0.15) is 11.1 Å². The first-order valence-electron chi connectivity index (χ1n) is 4.83. The molecule has 0 radical (unpaired) electrons. The number of hydrogen-bond acceptors (Lipinski definition) is 2. The van der Waals surface area contributed by atoms with E-state index >= 15 is 0 Å². The van der Waals surface area contributed by atoms with E-state index in [0.717, 1.165) is 16.8 Å². The number of benzene rings is 1. The van der Waals surface area contributed by atoms with E-state index in [2.05, 4.69) is 5.32 Å². The number of urea groups is 1. The SMILES string of the molecule is Cc1cccc(NC(=O)N(C)C)c1CN. The maximum atomic E-state index is 11.5. The van der Waals surface area contributed by atoms with Gasteiger partial charge in [-0.1, -0.05) is 12.1 Å². The monoisotopic (exact) mass is 207 g/mol. The van der Waals surface area contributed by atoms with Crippen LogP contribution in [0.2, 0.25) is 0 Å². The van der Waals surface area contributed by atoms with Gasteiger partial charge in [0.1, 0.15) is 0 Å². The lowest BCUT2D eigenvalue weighted by Crippen LogP contribution is -2.28. The van der Waals surface area contributed by atoms with E-state index in [1.165, 1.54) is 4.90 Å². The van der Waals surface area contributed by atoms with Gasteiger partial charge < -0.3 is 16.0 Å². The highest BCUT2D eigenvalue weighted by Crippen LogP contribution is 2.18. The normalized spacial score (nSPS) is 9.87. The quantitative estimate of drug-likeness (QED) is 0.773. The number of nitrogens with zero attached hydrogens (tertiary/aromatic N) is 1. The van der Waals surface area contributed by atoms with Crippen LogP contribution in [0, 0.1) is 6.92 Å². The van der Waals surface area contributed by atoms with Crippen LogP contribution in [0.5, 0.6) is 0 Å². The summed E-state index contributed by atoms with van der Waals surface area (Å²) in [7, 11) is 3.40. The second-order valence-corrected chi connectivity index (χ2v) is 3.63. The van der Waals surface area contributed by atoms with Gasteiger partial charge in [0.15, 0.2) is 0 Å². The van der Waals surface area contributed by atoms with E-state index in [9.17, 15) is 4.79 Å². The first kappa shape index (κ1) is 11.5. The van der Waals surface area contributed by atoms with E-state index in [1.54, 1.807) is 14.1 Å². The molecule has 0 atom stereocenters. The minimum atomic E-state index is -0.143. The average molecular weight is 207 g/mol. The summed E-state index contributed by atoms with van der Waals surface area (Å²) < 4.78 is 0. The summed E-state index contributed by atoms with van der Waals surface area (Å²) in [6, 6.07) is 5.60. The van der Waals surface area contributed by atoms with Crippen LogP contribution >= 0.6 is 0 Å². The lowest BCUT2D eigenvalue weighted by atomic mass is 10.1. The fourth-order valence-corrected chi connectivity index (χ4v) is 1.32. The summed E-state index contributed by atoms with van der Waals surface area (Å²) in [5, 5.41) is 2.81. The van der Waals surface area contributed by atoms with Crippen molar-refractivity contribution in [1.29, 1.82) is 0 Å². The van der Waals surface area contributed by atoms with Gasteiger partial charge in [0, 0.05) is 26.3 Å². The molecule has 0 spiro atoms. The van der Waals surface area contributed by atoms with E-state index < -0.39 is 0 Å². The van der Waals surface area contributed by atoms with Crippen molar-refractivity contribution in [3.05, 3.63) is 29.3 Å². The molecule has 1 aromatic carbocycles. The standard InChI is InChI=1S/C11H17N3O/c1-8-5-4-6-10(9(8)7-12)13-11(15)14(2)3/h4-6H,7,12H2,1-3H3,(H,13,15). The van der Waals surface area contributed by atoms with Crippen molar-refractivity contribution in [1.82, 2.24) is 4.90 Å². The molecule has 82 valence electrons. The number of rotatable bonds is 2. The Bertz CT molecular complexity index is 361. The van der Waals surface area contributed by atoms with Gasteiger partial charge >= 0.3 is 6.03 Å². The number of nitrogens with one attached hydrogen (secondary N) is 1. The van der Waals surface area contributed by atoms with Crippen LogP contribution in [-0.4, -0.2) is 25.0 Å². The number of aryl methyl sites for hydroxylation is 1. The van der Waals surface area contributed by atoms with E-state index in [-0.39, 0.29) is 6.03 Å². The summed E-state index contributed by atoms with van der Waals surface area (Å²) in [5.41, 5.74) is 8.50. The Morgan fingerprint density at radius 1 is 1.47 bits per heavy atom. The van der Waals surface area contributed by atoms with E-state index in [4.69, 9.17) is 5.73 Å². The number of anilines is 1. The Labute approximate surface area is 90.1 Å². The average Bonchev–Trinajstić information content (AvgIpc) is 2.18. The van der Waals surface area contributed by atoms with E-state index in [1.807, 2.05) is 25.1 Å². The predicted molar refractivity (Wildman–Crippen MR) is 61.8 cm³/mol. The number of nitrogens with two attached hydrogens (primary N) is 1. The van der Waals surface area contributed by atoms with Crippen molar-refractivity contribution in [2.24, 2.45) is 5.73 Å². The van der Waals surface area contributed by atoms with E-state index in [0.29, 0.717) is 6.54 Å². The highest BCUT2D eigenvalue weighted by atomic mass is 16.2. The molecular formula is C11H17N3O. The predicted octanol–water partition coefficient (Wildman–Crippen LogP) is 1.55. The molecule has 0 aliphatic heterocycles. The third-order valence-corrected chi connectivity index (χ3v) is 2.26. The van der Waals surface area contributed by atoms with Gasteiger partial charge in [-0.15, -0.1) is 0 Å². The van der Waals surface area contributed by atoms with Crippen molar-refractivity contribution in [2.45, 2.75) is 13.5 Å². The van der Waals surface area contributed by atoms with Crippen LogP contribution in [0.3, 0.4) is 0 Å². The summed E-state index contributed by atoms with van der Waals surface area (Å²) in [6.07, 6.45) is 0. The molecule has 0 aliphatic rings. The largest absolute Gasteiger partial charge is 0.331 e. The zero-order valence-electron chi connectivity index (χ0n) is 9.37. The topological polar surface area (TPSA) is 58.4 Å². The van der Waals surface area contributed by atoms with Crippen molar-refractivity contribution in [2.75, 3.05) is 19.4 Å². The summed E-state index contributed by atoms with van der Waals surface area (Å²) in [5.74, 6) is 0. The molecule has 1 rings (SSSR count). The smallest absolute Gasteiger partial charge is 0.321 e. The molecule has 15 heavy (non-hydrogen) atoms. The maximum absolute atomic E-state index is 11.5. The fraction of sp³-hybridized carbons (Fsp3) is 0.364. The zero-order valence-corrected chi connectivity index (χ0v) is 9.37. The highest BCUT2D eigenvalue weighted by Gasteiger charge is 2.08. The molecule has 0 fully saturated rings. The first-order valence-corrected chi connectivity index (χ1v) is 4.83. The van der Waals surface area contributed by atoms with Crippen LogP contribution in [0.15, 0.2) is 18.2 Å². The lowest BCUT2D eigenvalue weighted by Gasteiger charge is -2.15. The maximum Gasteiger partial charge on any atom is 0.321 e. The van der Waals surface area contributed by atoms with Gasteiger partial charge in [0.2, 0.25) is 0 Å². The third-order valence-electron chi connectivity index (χ3n) is 2.26. The van der Waals surface area contributed by atoms with Crippen molar-refractivity contribution < 1.29 is 4.79 Å². The molecule has 0 heterocycles. The molecule has 4 nitrogen and oxygen atoms in total. The molecule has 0 saturated heterocycles. The Morgan fingerprint density at radius 3 is 2.67 bits per heavy atom. The van der Waals surface area contributed by atoms with Crippen LogP contribution in [-0.2, 0) is 6.54 Å². The fourth-order valence-electron chi connectivity index (χ4n) is 1.32. The first-order chi connectivity index (χ1) is 7.06. The molecule has 1 aromatic rings. The molecule has 0 unspecified atom stereocenters. The highest BCUT2D eigenvalue weighted by molar-refractivity contribution is 5.90. The van der Waals surface area contributed by atoms with Gasteiger partial charge in [0.05, 0.1) is 0 Å². The lowest BCUT2D eigenvalue weighted by molar-refractivity contribution is 0.230. The minimum Gasteiger partial charge on any atom is -0.331 e. The van der Waals surface area contributed by atoms with Gasteiger partial charge in [-0.25, -0.2) is 4.79 Å². The second-order valence-electron chi connectivity index (χ2n) is 3.63. The van der Waals surface area contributed by atoms with Gasteiger partial charge in [0.25, 0.3) is 0 Å². The zero-order chi connectivity index (χ0) is 11.4. The Morgan fingerprint density at radius 2 is 2.13 bits per heavy atom. The summed E-state index contributed by atoms with van der Waals surface area (Å²) >= 11 is 0. The van der Waals surface area contributed by atoms with Crippen LogP contribution < -0.4 is 11.1 Å². The number of carbonyl (C=O) groups is 1. The minimum absolute atomic E-state index is 0.143. The molecule has 2 amide bonds. The van der Waals surface area contributed by atoms with Gasteiger partial charge in [-0.3, -0.25) is 0 Å². The van der Waals surface area contributed by atoms with Crippen molar-refractivity contribution >= 4 is 11.7 Å². The molecular weight excluding hydrogens is 190 g/mol. The van der Waals surface area contributed by atoms with Crippen molar-refractivity contribution in [3.8, 4) is 0 Å². The Kier molecular flexibility index (Phi) is 3.68. The molecule has 0 aromatic heterocycles. The van der Waals surface area contributed by atoms with Crippen LogP contribution in [0.25, 0.3) is 0 Å². The van der Waals surface area contributed by atoms with Gasteiger partial charge in [-0.2, -0.15) is 0 Å². The number of amides is 2. The summed E-state index contributed by atoms with van der Waals surface area (Å²) in [6.45, 7) is 2.41. The molecule has 0 aliphatic carbocycles. The number of hydrogen-bond donors (Lipinski definition) is 2. The number of carbonyl (C=O) groups excluding carboxylic acids is 1. The Balaban J connectivity index is 2.94.